The smallest absolute Gasteiger partial charge is 0.339 e. The molecule has 0 unspecified atom stereocenters. The van der Waals surface area contributed by atoms with Gasteiger partial charge in [0.1, 0.15) is 16.5 Å². The minimum Gasteiger partial charge on any atom is -0.379 e. The fourth-order valence-electron chi connectivity index (χ4n) is 3.18. The number of rotatable bonds is 8. The molecule has 2 aromatic carbocycles. The highest BCUT2D eigenvalue weighted by Gasteiger charge is 2.31. The molecule has 5 nitrogen and oxygen atoms in total. The van der Waals surface area contributed by atoms with E-state index in [1.807, 2.05) is 11.8 Å². The van der Waals surface area contributed by atoms with Crippen LogP contribution in [0, 0.1) is 11.7 Å². The second-order valence-electron chi connectivity index (χ2n) is 7.49. The van der Waals surface area contributed by atoms with Crippen molar-refractivity contribution in [3.05, 3.63) is 59.9 Å². The zero-order chi connectivity index (χ0) is 21.0. The molecule has 3 rings (SSSR count). The molecule has 0 spiro atoms. The maximum absolute atomic E-state index is 13.0. The molecule has 0 radical (unpaired) electrons. The van der Waals surface area contributed by atoms with Gasteiger partial charge in [-0.15, -0.1) is 0 Å². The van der Waals surface area contributed by atoms with E-state index in [1.165, 1.54) is 0 Å². The first-order valence-corrected chi connectivity index (χ1v) is 11.3. The molecule has 0 aromatic heterocycles. The highest BCUT2D eigenvalue weighted by molar-refractivity contribution is 7.87. The number of halogens is 1. The predicted molar refractivity (Wildman–Crippen MR) is 108 cm³/mol. The second-order valence-corrected chi connectivity index (χ2v) is 9.03. The normalized spacial score (nSPS) is 15.4. The summed E-state index contributed by atoms with van der Waals surface area (Å²) in [4.78, 5) is 14.6. The van der Waals surface area contributed by atoms with Gasteiger partial charge in [0.05, 0.1) is 0 Å². The quantitative estimate of drug-likeness (QED) is 0.590. The second kappa shape index (κ2) is 8.95. The van der Waals surface area contributed by atoms with Gasteiger partial charge in [-0.2, -0.15) is 8.42 Å². The van der Waals surface area contributed by atoms with E-state index < -0.39 is 15.9 Å². The van der Waals surface area contributed by atoms with Gasteiger partial charge in [0.2, 0.25) is 5.91 Å². The van der Waals surface area contributed by atoms with Crippen molar-refractivity contribution in [2.45, 2.75) is 57.0 Å². The van der Waals surface area contributed by atoms with E-state index >= 15 is 0 Å². The number of benzene rings is 2. The fraction of sp³-hybridized carbons (Fsp3) is 0.409. The molecule has 1 aliphatic rings. The van der Waals surface area contributed by atoms with Crippen LogP contribution in [0.1, 0.15) is 45.1 Å². The summed E-state index contributed by atoms with van der Waals surface area (Å²) >= 11 is 0. The van der Waals surface area contributed by atoms with Gasteiger partial charge in [-0.25, -0.2) is 4.39 Å². The van der Waals surface area contributed by atoms with Gasteiger partial charge in [0, 0.05) is 18.5 Å². The molecule has 1 aliphatic carbocycles. The van der Waals surface area contributed by atoms with E-state index in [2.05, 4.69) is 6.92 Å². The van der Waals surface area contributed by atoms with Crippen LogP contribution in [0.3, 0.4) is 0 Å². The number of amides is 1. The van der Waals surface area contributed by atoms with E-state index in [9.17, 15) is 17.6 Å². The Labute approximate surface area is 171 Å². The van der Waals surface area contributed by atoms with Gasteiger partial charge < -0.3 is 9.08 Å². The third-order valence-electron chi connectivity index (χ3n) is 5.44. The molecule has 0 bridgehead atoms. The van der Waals surface area contributed by atoms with Crippen LogP contribution in [0.5, 0.6) is 5.75 Å². The lowest BCUT2D eigenvalue weighted by atomic mass is 9.84. The van der Waals surface area contributed by atoms with Crippen molar-refractivity contribution in [3.8, 4) is 5.75 Å². The average molecular weight is 420 g/mol. The largest absolute Gasteiger partial charge is 0.379 e. The maximum Gasteiger partial charge on any atom is 0.339 e. The van der Waals surface area contributed by atoms with Crippen molar-refractivity contribution in [1.29, 1.82) is 0 Å². The zero-order valence-electron chi connectivity index (χ0n) is 16.7. The standard InChI is InChI=1S/C22H26FNO4S/c1-3-16(2)24(22(25)18-5-4-6-18)15-17-7-11-20(12-8-17)28-29(26,27)21-13-9-19(23)10-14-21/h7-14,16,18H,3-6,15H2,1-2H3/t16-/m1/s1. The van der Waals surface area contributed by atoms with E-state index in [4.69, 9.17) is 4.18 Å². The lowest BCUT2D eigenvalue weighted by Gasteiger charge is -2.35. The van der Waals surface area contributed by atoms with Gasteiger partial charge in [-0.05, 0) is 68.1 Å². The van der Waals surface area contributed by atoms with E-state index in [1.54, 1.807) is 24.3 Å². The highest BCUT2D eigenvalue weighted by Crippen LogP contribution is 2.30. The summed E-state index contributed by atoms with van der Waals surface area (Å²) in [7, 11) is -4.04. The first-order valence-electron chi connectivity index (χ1n) is 9.89. The van der Waals surface area contributed by atoms with Crippen LogP contribution >= 0.6 is 0 Å². The van der Waals surface area contributed by atoms with Crippen LogP contribution in [-0.4, -0.2) is 25.3 Å². The fourth-order valence-corrected chi connectivity index (χ4v) is 4.11. The molecule has 1 atom stereocenters. The Balaban J connectivity index is 1.70. The average Bonchev–Trinajstić information content (AvgIpc) is 2.65. The summed E-state index contributed by atoms with van der Waals surface area (Å²) in [6.45, 7) is 4.58. The number of hydrogen-bond acceptors (Lipinski definition) is 4. The van der Waals surface area contributed by atoms with Crippen LogP contribution in [0.25, 0.3) is 0 Å². The van der Waals surface area contributed by atoms with Gasteiger partial charge in [-0.3, -0.25) is 4.79 Å². The van der Waals surface area contributed by atoms with Crippen LogP contribution in [0.15, 0.2) is 53.4 Å². The van der Waals surface area contributed by atoms with Crippen molar-refractivity contribution in [1.82, 2.24) is 4.90 Å². The summed E-state index contributed by atoms with van der Waals surface area (Å²) in [6.07, 6.45) is 3.90. The molecule has 1 amide bonds. The van der Waals surface area contributed by atoms with Gasteiger partial charge in [0.25, 0.3) is 0 Å². The summed E-state index contributed by atoms with van der Waals surface area (Å²) in [5.41, 5.74) is 0.907. The van der Waals surface area contributed by atoms with Crippen molar-refractivity contribution in [2.24, 2.45) is 5.92 Å². The summed E-state index contributed by atoms with van der Waals surface area (Å²) in [5, 5.41) is 0. The molecule has 0 heterocycles. The van der Waals surface area contributed by atoms with Gasteiger partial charge >= 0.3 is 10.1 Å². The topological polar surface area (TPSA) is 63.7 Å². The number of hydrogen-bond donors (Lipinski definition) is 0. The van der Waals surface area contributed by atoms with Gasteiger partial charge in [0.15, 0.2) is 0 Å². The molecule has 0 aliphatic heterocycles. The van der Waals surface area contributed by atoms with E-state index in [0.29, 0.717) is 6.54 Å². The molecule has 1 fully saturated rings. The summed E-state index contributed by atoms with van der Waals surface area (Å²) in [5.74, 6) is -0.0219. The van der Waals surface area contributed by atoms with Crippen molar-refractivity contribution >= 4 is 16.0 Å². The molecule has 0 saturated heterocycles. The Morgan fingerprint density at radius 2 is 1.76 bits per heavy atom. The molecule has 0 N–H and O–H groups in total. The molecule has 156 valence electrons. The summed E-state index contributed by atoms with van der Waals surface area (Å²) in [6, 6.07) is 11.3. The van der Waals surface area contributed by atoms with Crippen LogP contribution in [-0.2, 0) is 21.5 Å². The number of carbonyl (C=O) groups excluding carboxylic acids is 1. The molecule has 7 heteroatoms. The lowest BCUT2D eigenvalue weighted by Crippen LogP contribution is -2.43. The molecule has 29 heavy (non-hydrogen) atoms. The Morgan fingerprint density at radius 3 is 2.28 bits per heavy atom. The SMILES string of the molecule is CC[C@@H](C)N(Cc1ccc(OS(=O)(=O)c2ccc(F)cc2)cc1)C(=O)C1CCC1. The zero-order valence-corrected chi connectivity index (χ0v) is 17.5. The minimum atomic E-state index is -4.04. The van der Waals surface area contributed by atoms with Crippen molar-refractivity contribution < 1.29 is 21.8 Å². The van der Waals surface area contributed by atoms with E-state index in [-0.39, 0.29) is 28.5 Å². The molecular weight excluding hydrogens is 393 g/mol. The Bertz CT molecular complexity index is 938. The highest BCUT2D eigenvalue weighted by atomic mass is 32.2. The Hall–Kier alpha value is -2.41. The first-order chi connectivity index (χ1) is 13.8. The molecular formula is C22H26FNO4S. The predicted octanol–water partition coefficient (Wildman–Crippen LogP) is 4.52. The number of nitrogens with zero attached hydrogens (tertiary/aromatic N) is 1. The van der Waals surface area contributed by atoms with Crippen LogP contribution in [0.2, 0.25) is 0 Å². The van der Waals surface area contributed by atoms with Crippen molar-refractivity contribution in [2.75, 3.05) is 0 Å². The minimum absolute atomic E-state index is 0.114. The van der Waals surface area contributed by atoms with Crippen LogP contribution in [0.4, 0.5) is 4.39 Å². The Morgan fingerprint density at radius 1 is 1.14 bits per heavy atom. The third kappa shape index (κ3) is 5.15. The van der Waals surface area contributed by atoms with Gasteiger partial charge in [-0.1, -0.05) is 25.5 Å². The number of carbonyl (C=O) groups is 1. The van der Waals surface area contributed by atoms with Crippen LogP contribution < -0.4 is 4.18 Å². The van der Waals surface area contributed by atoms with Crippen molar-refractivity contribution in [3.63, 3.8) is 0 Å². The first kappa shape index (κ1) is 21.3. The van der Waals surface area contributed by atoms with E-state index in [0.717, 1.165) is 55.5 Å². The summed E-state index contributed by atoms with van der Waals surface area (Å²) < 4.78 is 42.8. The molecule has 1 saturated carbocycles. The monoisotopic (exact) mass is 419 g/mol. The molecule has 2 aromatic rings. The lowest BCUT2D eigenvalue weighted by molar-refractivity contribution is -0.141. The maximum atomic E-state index is 13.0. The third-order valence-corrected chi connectivity index (χ3v) is 6.71. The Kier molecular flexibility index (Phi) is 6.57.